The maximum atomic E-state index is 13.1. The third kappa shape index (κ3) is 5.67. The zero-order valence-corrected chi connectivity index (χ0v) is 18.2. The molecule has 2 aromatic carbocycles. The van der Waals surface area contributed by atoms with Crippen LogP contribution in [-0.2, 0) is 19.6 Å². The molecule has 2 rings (SSSR count). The number of ether oxygens (including phenoxy) is 4. The van der Waals surface area contributed by atoms with Gasteiger partial charge in [0.1, 0.15) is 0 Å². The largest absolute Gasteiger partial charge is 0.493 e. The lowest BCUT2D eigenvalue weighted by Crippen LogP contribution is -2.13. The van der Waals surface area contributed by atoms with Gasteiger partial charge in [0.15, 0.2) is 27.9 Å². The second kappa shape index (κ2) is 10.4. The summed E-state index contributed by atoms with van der Waals surface area (Å²) >= 11 is 0. The Morgan fingerprint density at radius 1 is 1.06 bits per heavy atom. The van der Waals surface area contributed by atoms with Crippen LogP contribution in [0.15, 0.2) is 41.3 Å². The maximum absolute atomic E-state index is 13.1. The van der Waals surface area contributed by atoms with E-state index in [1.165, 1.54) is 57.7 Å². The van der Waals surface area contributed by atoms with Crippen LogP contribution in [0.3, 0.4) is 0 Å². The van der Waals surface area contributed by atoms with Crippen LogP contribution in [-0.4, -0.2) is 42.3 Å². The van der Waals surface area contributed by atoms with Crippen molar-refractivity contribution in [3.05, 3.63) is 47.5 Å². The normalized spacial score (nSPS) is 10.9. The van der Waals surface area contributed by atoms with Crippen LogP contribution in [0.2, 0.25) is 0 Å². The summed E-state index contributed by atoms with van der Waals surface area (Å²) in [5.74, 6) is -0.588. The fraction of sp³-hybridized carbons (Fsp3) is 0.238. The number of carbonyl (C=O) groups excluding carboxylic acids is 1. The lowest BCUT2D eigenvalue weighted by atomic mass is 10.2. The van der Waals surface area contributed by atoms with Gasteiger partial charge in [-0.15, -0.1) is 0 Å². The predicted molar refractivity (Wildman–Crippen MR) is 111 cm³/mol. The summed E-state index contributed by atoms with van der Waals surface area (Å²) in [6.45, 7) is 1.94. The Balaban J connectivity index is 2.58. The van der Waals surface area contributed by atoms with Crippen molar-refractivity contribution in [1.29, 1.82) is 5.26 Å². The van der Waals surface area contributed by atoms with Gasteiger partial charge in [0, 0.05) is 12.1 Å². The Labute approximate surface area is 180 Å². The molecule has 9 nitrogen and oxygen atoms in total. The Hall–Kier alpha value is -3.71. The number of esters is 1. The molecular formula is C21H21NO8S. The van der Waals surface area contributed by atoms with E-state index in [1.807, 2.05) is 6.07 Å². The third-order valence-electron chi connectivity index (χ3n) is 3.92. The van der Waals surface area contributed by atoms with Crippen LogP contribution in [0.1, 0.15) is 18.1 Å². The lowest BCUT2D eigenvalue weighted by molar-refractivity contribution is -0.134. The van der Waals surface area contributed by atoms with E-state index in [1.54, 1.807) is 6.92 Å². The summed E-state index contributed by atoms with van der Waals surface area (Å²) in [6, 6.07) is 8.81. The van der Waals surface area contributed by atoms with Gasteiger partial charge in [-0.1, -0.05) is 0 Å². The molecular weight excluding hydrogens is 426 g/mol. The Bertz CT molecular complexity index is 1130. The Kier molecular flexibility index (Phi) is 7.88. The average molecular weight is 447 g/mol. The number of nitrogens with zero attached hydrogens (tertiary/aromatic N) is 1. The van der Waals surface area contributed by atoms with E-state index in [2.05, 4.69) is 4.74 Å². The van der Waals surface area contributed by atoms with E-state index in [9.17, 15) is 13.2 Å². The van der Waals surface area contributed by atoms with Gasteiger partial charge in [-0.05, 0) is 42.8 Å². The highest BCUT2D eigenvalue weighted by Gasteiger charge is 2.27. The van der Waals surface area contributed by atoms with Gasteiger partial charge in [0.05, 0.1) is 39.6 Å². The average Bonchev–Trinajstić information content (AvgIpc) is 2.77. The van der Waals surface area contributed by atoms with Crippen LogP contribution in [0.5, 0.6) is 23.0 Å². The maximum Gasteiger partial charge on any atom is 0.343 e. The first-order chi connectivity index (χ1) is 14.8. The number of hydrogen-bond acceptors (Lipinski definition) is 9. The topological polar surface area (TPSA) is 121 Å². The lowest BCUT2D eigenvalue weighted by Gasteiger charge is -2.16. The molecule has 10 heteroatoms. The smallest absolute Gasteiger partial charge is 0.343 e. The summed E-state index contributed by atoms with van der Waals surface area (Å²) in [4.78, 5) is 11.1. The van der Waals surface area contributed by atoms with Crippen LogP contribution >= 0.6 is 0 Å². The van der Waals surface area contributed by atoms with Gasteiger partial charge in [-0.25, -0.2) is 4.79 Å². The van der Waals surface area contributed by atoms with Crippen LogP contribution in [0.4, 0.5) is 0 Å². The van der Waals surface area contributed by atoms with E-state index in [-0.39, 0.29) is 40.1 Å². The SMILES string of the molecule is CCOc1cc(C#N)ccc1OS(=O)(=O)c1cc(/C=C/C(=O)OC)cc(OC)c1OC. The molecule has 0 aliphatic heterocycles. The Morgan fingerprint density at radius 2 is 1.81 bits per heavy atom. The first kappa shape index (κ1) is 23.6. The zero-order valence-electron chi connectivity index (χ0n) is 17.4. The molecule has 0 atom stereocenters. The molecule has 0 aliphatic rings. The van der Waals surface area contributed by atoms with Crippen molar-refractivity contribution in [2.45, 2.75) is 11.8 Å². The molecule has 0 unspecified atom stereocenters. The monoisotopic (exact) mass is 447 g/mol. The van der Waals surface area contributed by atoms with E-state index in [0.717, 1.165) is 6.08 Å². The number of benzene rings is 2. The quantitative estimate of drug-likeness (QED) is 0.324. The molecule has 0 radical (unpaired) electrons. The summed E-state index contributed by atoms with van der Waals surface area (Å²) in [5.41, 5.74) is 0.609. The molecule has 0 aromatic heterocycles. The van der Waals surface area contributed by atoms with E-state index >= 15 is 0 Å². The van der Waals surface area contributed by atoms with Crippen molar-refractivity contribution in [2.75, 3.05) is 27.9 Å². The fourth-order valence-electron chi connectivity index (χ4n) is 2.54. The summed E-state index contributed by atoms with van der Waals surface area (Å²) in [5, 5.41) is 9.06. The van der Waals surface area contributed by atoms with Gasteiger partial charge >= 0.3 is 16.1 Å². The molecule has 0 fully saturated rings. The van der Waals surface area contributed by atoms with Crippen LogP contribution in [0.25, 0.3) is 6.08 Å². The van der Waals surface area contributed by atoms with E-state index in [0.29, 0.717) is 5.56 Å². The second-order valence-corrected chi connectivity index (χ2v) is 7.37. The molecule has 0 bridgehead atoms. The molecule has 0 saturated carbocycles. The third-order valence-corrected chi connectivity index (χ3v) is 5.16. The van der Waals surface area contributed by atoms with Crippen molar-refractivity contribution in [3.63, 3.8) is 0 Å². The van der Waals surface area contributed by atoms with Crippen molar-refractivity contribution in [2.24, 2.45) is 0 Å². The highest BCUT2D eigenvalue weighted by molar-refractivity contribution is 7.87. The van der Waals surface area contributed by atoms with Crippen LogP contribution < -0.4 is 18.4 Å². The van der Waals surface area contributed by atoms with Gasteiger partial charge in [0.2, 0.25) is 0 Å². The van der Waals surface area contributed by atoms with Crippen molar-refractivity contribution in [3.8, 4) is 29.1 Å². The minimum Gasteiger partial charge on any atom is -0.493 e. The molecule has 0 saturated heterocycles. The summed E-state index contributed by atoms with van der Waals surface area (Å²) < 4.78 is 51.9. The number of nitriles is 1. The van der Waals surface area contributed by atoms with E-state index in [4.69, 9.17) is 23.7 Å². The van der Waals surface area contributed by atoms with Crippen molar-refractivity contribution < 1.29 is 36.3 Å². The summed E-state index contributed by atoms with van der Waals surface area (Å²) in [7, 11) is -0.583. The number of rotatable bonds is 9. The first-order valence-corrected chi connectivity index (χ1v) is 10.3. The van der Waals surface area contributed by atoms with Gasteiger partial charge in [-0.2, -0.15) is 13.7 Å². The Morgan fingerprint density at radius 3 is 2.39 bits per heavy atom. The van der Waals surface area contributed by atoms with Crippen molar-refractivity contribution >= 4 is 22.2 Å². The minimum atomic E-state index is -4.43. The number of methoxy groups -OCH3 is 3. The van der Waals surface area contributed by atoms with Gasteiger partial charge in [-0.3, -0.25) is 0 Å². The number of hydrogen-bond donors (Lipinski definition) is 0. The predicted octanol–water partition coefficient (Wildman–Crippen LogP) is 2.93. The molecule has 31 heavy (non-hydrogen) atoms. The molecule has 0 amide bonds. The molecule has 2 aromatic rings. The second-order valence-electron chi connectivity index (χ2n) is 5.85. The van der Waals surface area contributed by atoms with Gasteiger partial charge in [0.25, 0.3) is 0 Å². The van der Waals surface area contributed by atoms with Crippen LogP contribution in [0, 0.1) is 11.3 Å². The molecule has 0 N–H and O–H groups in total. The highest BCUT2D eigenvalue weighted by Crippen LogP contribution is 2.39. The van der Waals surface area contributed by atoms with Gasteiger partial charge < -0.3 is 23.1 Å². The van der Waals surface area contributed by atoms with Crippen molar-refractivity contribution in [1.82, 2.24) is 0 Å². The minimum absolute atomic E-state index is 0.0793. The molecule has 164 valence electrons. The molecule has 0 spiro atoms. The number of carbonyl (C=O) groups is 1. The fourth-order valence-corrected chi connectivity index (χ4v) is 3.70. The first-order valence-electron chi connectivity index (χ1n) is 8.93. The molecule has 0 heterocycles. The standard InChI is InChI=1S/C21H21NO8S/c1-5-29-17-11-15(13-22)6-8-16(17)30-31(24,25)19-12-14(7-9-20(23)27-3)10-18(26-2)21(19)28-4/h6-12H,5H2,1-4H3/b9-7+. The highest BCUT2D eigenvalue weighted by atomic mass is 32.2. The van der Waals surface area contributed by atoms with E-state index < -0.39 is 16.1 Å². The molecule has 0 aliphatic carbocycles. The zero-order chi connectivity index (χ0) is 23.0. The summed E-state index contributed by atoms with van der Waals surface area (Å²) in [6.07, 6.45) is 2.49.